The SMILES string of the molecule is CN(CCNC(=O)OC(C)(C)C)c1ccc([N+](=O)[O-])cc1. The Morgan fingerprint density at radius 3 is 2.38 bits per heavy atom. The predicted molar refractivity (Wildman–Crippen MR) is 80.6 cm³/mol. The molecule has 1 rings (SSSR count). The number of nitrogens with zero attached hydrogens (tertiary/aromatic N) is 2. The highest BCUT2D eigenvalue weighted by molar-refractivity contribution is 5.67. The van der Waals surface area contributed by atoms with Gasteiger partial charge in [-0.2, -0.15) is 0 Å². The van der Waals surface area contributed by atoms with Crippen molar-refractivity contribution in [2.45, 2.75) is 26.4 Å². The summed E-state index contributed by atoms with van der Waals surface area (Å²) in [4.78, 5) is 23.5. The number of carbonyl (C=O) groups is 1. The molecule has 0 aromatic heterocycles. The number of nitro groups is 1. The van der Waals surface area contributed by atoms with Crippen molar-refractivity contribution < 1.29 is 14.5 Å². The molecule has 21 heavy (non-hydrogen) atoms. The van der Waals surface area contributed by atoms with Crippen LogP contribution in [0.15, 0.2) is 24.3 Å². The number of likely N-dealkylation sites (N-methyl/N-ethyl adjacent to an activating group) is 1. The molecule has 0 unspecified atom stereocenters. The molecule has 7 heteroatoms. The van der Waals surface area contributed by atoms with Gasteiger partial charge in [0.2, 0.25) is 0 Å². The Balaban J connectivity index is 2.42. The molecular weight excluding hydrogens is 274 g/mol. The number of hydrogen-bond acceptors (Lipinski definition) is 5. The summed E-state index contributed by atoms with van der Waals surface area (Å²) in [5.41, 5.74) is 0.375. The number of nitro benzene ring substituents is 1. The molecule has 0 heterocycles. The van der Waals surface area contributed by atoms with E-state index < -0.39 is 16.6 Å². The van der Waals surface area contributed by atoms with Gasteiger partial charge in [0.1, 0.15) is 5.60 Å². The van der Waals surface area contributed by atoms with Crippen LogP contribution in [0.5, 0.6) is 0 Å². The van der Waals surface area contributed by atoms with Gasteiger partial charge in [-0.1, -0.05) is 0 Å². The van der Waals surface area contributed by atoms with Crippen LogP contribution in [0.4, 0.5) is 16.2 Å². The number of nitrogens with one attached hydrogen (secondary N) is 1. The van der Waals surface area contributed by atoms with Gasteiger partial charge in [0, 0.05) is 38.0 Å². The van der Waals surface area contributed by atoms with Crippen molar-refractivity contribution in [1.29, 1.82) is 0 Å². The van der Waals surface area contributed by atoms with Crippen molar-refractivity contribution in [2.75, 3.05) is 25.0 Å². The Morgan fingerprint density at radius 2 is 1.90 bits per heavy atom. The number of benzene rings is 1. The van der Waals surface area contributed by atoms with Gasteiger partial charge < -0.3 is 15.0 Å². The number of carbonyl (C=O) groups excluding carboxylic acids is 1. The summed E-state index contributed by atoms with van der Waals surface area (Å²) in [5.74, 6) is 0. The summed E-state index contributed by atoms with van der Waals surface area (Å²) < 4.78 is 5.12. The van der Waals surface area contributed by atoms with Gasteiger partial charge in [-0.05, 0) is 32.9 Å². The van der Waals surface area contributed by atoms with Crippen LogP contribution in [-0.2, 0) is 4.74 Å². The lowest BCUT2D eigenvalue weighted by molar-refractivity contribution is -0.384. The highest BCUT2D eigenvalue weighted by Crippen LogP contribution is 2.17. The number of non-ortho nitro benzene ring substituents is 1. The van der Waals surface area contributed by atoms with Gasteiger partial charge >= 0.3 is 6.09 Å². The molecule has 0 aliphatic carbocycles. The highest BCUT2D eigenvalue weighted by atomic mass is 16.6. The zero-order chi connectivity index (χ0) is 16.0. The van der Waals surface area contributed by atoms with Crippen LogP contribution in [0, 0.1) is 10.1 Å². The average Bonchev–Trinajstić information content (AvgIpc) is 2.36. The molecular formula is C14H21N3O4. The van der Waals surface area contributed by atoms with E-state index in [4.69, 9.17) is 4.74 Å². The molecule has 0 bridgehead atoms. The van der Waals surface area contributed by atoms with E-state index in [0.717, 1.165) is 5.69 Å². The second-order valence-electron chi connectivity index (χ2n) is 5.62. The number of hydrogen-bond donors (Lipinski definition) is 1. The summed E-state index contributed by atoms with van der Waals surface area (Å²) in [6.45, 7) is 6.39. The Bertz CT molecular complexity index is 494. The first kappa shape index (κ1) is 16.7. The zero-order valence-corrected chi connectivity index (χ0v) is 12.8. The van der Waals surface area contributed by atoms with Crippen molar-refractivity contribution in [3.63, 3.8) is 0 Å². The predicted octanol–water partition coefficient (Wildman–Crippen LogP) is 2.56. The maximum absolute atomic E-state index is 11.5. The minimum atomic E-state index is -0.519. The number of alkyl carbamates (subject to hydrolysis) is 1. The maximum atomic E-state index is 11.5. The van der Waals surface area contributed by atoms with E-state index in [1.807, 2.05) is 11.9 Å². The van der Waals surface area contributed by atoms with Crippen molar-refractivity contribution in [2.24, 2.45) is 0 Å². The highest BCUT2D eigenvalue weighted by Gasteiger charge is 2.15. The van der Waals surface area contributed by atoms with Gasteiger partial charge in [0.05, 0.1) is 4.92 Å². The van der Waals surface area contributed by atoms with Gasteiger partial charge in [0.15, 0.2) is 0 Å². The molecule has 116 valence electrons. The number of anilines is 1. The molecule has 0 aliphatic rings. The lowest BCUT2D eigenvalue weighted by Gasteiger charge is -2.22. The fraction of sp³-hybridized carbons (Fsp3) is 0.500. The number of ether oxygens (including phenoxy) is 1. The van der Waals surface area contributed by atoms with Crippen molar-refractivity contribution in [3.8, 4) is 0 Å². The molecule has 1 N–H and O–H groups in total. The molecule has 0 atom stereocenters. The van der Waals surface area contributed by atoms with E-state index in [9.17, 15) is 14.9 Å². The van der Waals surface area contributed by atoms with Crippen LogP contribution >= 0.6 is 0 Å². The molecule has 0 spiro atoms. The minimum Gasteiger partial charge on any atom is -0.444 e. The Hall–Kier alpha value is -2.31. The van der Waals surface area contributed by atoms with E-state index in [2.05, 4.69) is 5.32 Å². The molecule has 1 aromatic rings. The first-order chi connectivity index (χ1) is 9.69. The quantitative estimate of drug-likeness (QED) is 0.666. The Kier molecular flexibility index (Phi) is 5.52. The van der Waals surface area contributed by atoms with Crippen molar-refractivity contribution in [1.82, 2.24) is 5.32 Å². The largest absolute Gasteiger partial charge is 0.444 e. The minimum absolute atomic E-state index is 0.0547. The molecule has 0 saturated carbocycles. The van der Waals surface area contributed by atoms with Crippen LogP contribution < -0.4 is 10.2 Å². The third-order valence-electron chi connectivity index (χ3n) is 2.62. The van der Waals surface area contributed by atoms with Crippen molar-refractivity contribution >= 4 is 17.5 Å². The maximum Gasteiger partial charge on any atom is 0.407 e. The molecule has 1 amide bonds. The monoisotopic (exact) mass is 295 g/mol. The van der Waals surface area contributed by atoms with Gasteiger partial charge in [-0.25, -0.2) is 4.79 Å². The van der Waals surface area contributed by atoms with Crippen molar-refractivity contribution in [3.05, 3.63) is 34.4 Å². The Labute approximate surface area is 124 Å². The van der Waals surface area contributed by atoms with Crippen LogP contribution in [0.3, 0.4) is 0 Å². The fourth-order valence-corrected chi connectivity index (χ4v) is 1.60. The van der Waals surface area contributed by atoms with E-state index >= 15 is 0 Å². The van der Waals surface area contributed by atoms with E-state index in [-0.39, 0.29) is 5.69 Å². The Morgan fingerprint density at radius 1 is 1.33 bits per heavy atom. The average molecular weight is 295 g/mol. The summed E-state index contributed by atoms with van der Waals surface area (Å²) in [6.07, 6.45) is -0.459. The number of amides is 1. The lowest BCUT2D eigenvalue weighted by Crippen LogP contribution is -2.37. The topological polar surface area (TPSA) is 84.7 Å². The molecule has 0 radical (unpaired) electrons. The smallest absolute Gasteiger partial charge is 0.407 e. The summed E-state index contributed by atoms with van der Waals surface area (Å²) in [6, 6.07) is 6.25. The van der Waals surface area contributed by atoms with E-state index in [1.165, 1.54) is 12.1 Å². The summed E-state index contributed by atoms with van der Waals surface area (Å²) in [7, 11) is 1.85. The number of rotatable bonds is 5. The van der Waals surface area contributed by atoms with Crippen LogP contribution in [0.2, 0.25) is 0 Å². The fourth-order valence-electron chi connectivity index (χ4n) is 1.60. The standard InChI is InChI=1S/C14H21N3O4/c1-14(2,3)21-13(18)15-9-10-16(4)11-5-7-12(8-6-11)17(19)20/h5-8H,9-10H2,1-4H3,(H,15,18). The first-order valence-corrected chi connectivity index (χ1v) is 6.61. The van der Waals surface area contributed by atoms with Gasteiger partial charge in [-0.3, -0.25) is 10.1 Å². The first-order valence-electron chi connectivity index (χ1n) is 6.61. The van der Waals surface area contributed by atoms with Crippen LogP contribution in [0.1, 0.15) is 20.8 Å². The molecule has 0 aliphatic heterocycles. The van der Waals surface area contributed by atoms with Crippen LogP contribution in [0.25, 0.3) is 0 Å². The lowest BCUT2D eigenvalue weighted by atomic mass is 10.2. The van der Waals surface area contributed by atoms with E-state index in [0.29, 0.717) is 13.1 Å². The normalized spacial score (nSPS) is 10.9. The summed E-state index contributed by atoms with van der Waals surface area (Å²) >= 11 is 0. The summed E-state index contributed by atoms with van der Waals surface area (Å²) in [5, 5.41) is 13.2. The molecule has 1 aromatic carbocycles. The second kappa shape index (κ2) is 6.92. The molecule has 7 nitrogen and oxygen atoms in total. The third-order valence-corrected chi connectivity index (χ3v) is 2.62. The zero-order valence-electron chi connectivity index (χ0n) is 12.8. The molecule has 0 saturated heterocycles. The second-order valence-corrected chi connectivity index (χ2v) is 5.62. The third kappa shape index (κ3) is 6.11. The van der Waals surface area contributed by atoms with Gasteiger partial charge in [0.25, 0.3) is 5.69 Å². The molecule has 0 fully saturated rings. The van der Waals surface area contributed by atoms with Gasteiger partial charge in [-0.15, -0.1) is 0 Å². The van der Waals surface area contributed by atoms with E-state index in [1.54, 1.807) is 32.9 Å². The van der Waals surface area contributed by atoms with Crippen LogP contribution in [-0.4, -0.2) is 36.8 Å².